The lowest BCUT2D eigenvalue weighted by Gasteiger charge is -2.36. The molecule has 0 radical (unpaired) electrons. The van der Waals surface area contributed by atoms with Crippen LogP contribution in [0.5, 0.6) is 0 Å². The van der Waals surface area contributed by atoms with E-state index in [1.807, 2.05) is 27.7 Å². The van der Waals surface area contributed by atoms with E-state index in [1.165, 1.54) is 0 Å². The van der Waals surface area contributed by atoms with Crippen LogP contribution < -0.4 is 0 Å². The number of thiazole rings is 1. The zero-order valence-electron chi connectivity index (χ0n) is 12.2. The molecule has 1 unspecified atom stereocenters. The first-order valence-corrected chi connectivity index (χ1v) is 8.92. The van der Waals surface area contributed by atoms with Gasteiger partial charge in [0, 0.05) is 51.0 Å². The third-order valence-corrected chi connectivity index (χ3v) is 7.00. The quantitative estimate of drug-likeness (QED) is 0.861. The van der Waals surface area contributed by atoms with E-state index in [-0.39, 0.29) is 10.2 Å². The first-order chi connectivity index (χ1) is 8.83. The molecule has 0 spiro atoms. The van der Waals surface area contributed by atoms with Crippen molar-refractivity contribution in [2.45, 2.75) is 50.7 Å². The Bertz CT molecular complexity index is 456. The third-order valence-electron chi connectivity index (χ3n) is 3.61. The average Bonchev–Trinajstić information content (AvgIpc) is 2.76. The van der Waals surface area contributed by atoms with Crippen LogP contribution in [0.3, 0.4) is 0 Å². The molecule has 0 saturated carbocycles. The highest BCUT2D eigenvalue weighted by Crippen LogP contribution is 2.38. The van der Waals surface area contributed by atoms with Crippen molar-refractivity contribution in [2.24, 2.45) is 0 Å². The molecule has 0 aliphatic carbocycles. The second kappa shape index (κ2) is 5.62. The van der Waals surface area contributed by atoms with Crippen LogP contribution in [-0.4, -0.2) is 32.9 Å². The van der Waals surface area contributed by atoms with Crippen LogP contribution in [-0.2, 0) is 21.0 Å². The van der Waals surface area contributed by atoms with Crippen molar-refractivity contribution < 1.29 is 8.95 Å². The van der Waals surface area contributed by atoms with Crippen molar-refractivity contribution in [1.82, 2.24) is 4.98 Å². The third kappa shape index (κ3) is 3.44. The molecule has 1 saturated heterocycles. The van der Waals surface area contributed by atoms with Crippen LogP contribution in [0.15, 0.2) is 5.38 Å². The number of aromatic nitrogens is 1. The predicted molar refractivity (Wildman–Crippen MR) is 81.3 cm³/mol. The summed E-state index contributed by atoms with van der Waals surface area (Å²) in [4.78, 5) is 4.67. The van der Waals surface area contributed by atoms with Gasteiger partial charge in [-0.3, -0.25) is 4.21 Å². The molecule has 1 fully saturated rings. The van der Waals surface area contributed by atoms with E-state index in [4.69, 9.17) is 4.74 Å². The van der Waals surface area contributed by atoms with E-state index < -0.39 is 10.8 Å². The van der Waals surface area contributed by atoms with Gasteiger partial charge in [0.2, 0.25) is 0 Å². The number of nitrogens with zero attached hydrogens (tertiary/aromatic N) is 1. The van der Waals surface area contributed by atoms with Gasteiger partial charge in [0.05, 0.1) is 0 Å². The molecule has 1 aliphatic rings. The zero-order chi connectivity index (χ0) is 14.1. The van der Waals surface area contributed by atoms with Crippen molar-refractivity contribution in [3.8, 4) is 0 Å². The van der Waals surface area contributed by atoms with Gasteiger partial charge in [-0.15, -0.1) is 11.3 Å². The number of rotatable bonds is 3. The second-order valence-corrected chi connectivity index (χ2v) is 9.35. The lowest BCUT2D eigenvalue weighted by molar-refractivity contribution is 0.0575. The maximum absolute atomic E-state index is 12.6. The summed E-state index contributed by atoms with van der Waals surface area (Å²) in [6, 6.07) is 0. The summed E-state index contributed by atoms with van der Waals surface area (Å²) in [7, 11) is -0.854. The van der Waals surface area contributed by atoms with Crippen LogP contribution in [0.2, 0.25) is 0 Å². The number of hydrogen-bond donors (Lipinski definition) is 0. The first kappa shape index (κ1) is 15.1. The summed E-state index contributed by atoms with van der Waals surface area (Å²) < 4.78 is 17.9. The fraction of sp³-hybridized carbons (Fsp3) is 0.786. The fourth-order valence-corrected chi connectivity index (χ4v) is 4.76. The van der Waals surface area contributed by atoms with Gasteiger partial charge >= 0.3 is 0 Å². The summed E-state index contributed by atoms with van der Waals surface area (Å²) in [5, 5.41) is 3.23. The Balaban J connectivity index is 2.28. The lowest BCUT2D eigenvalue weighted by atomic mass is 9.83. The average molecular weight is 301 g/mol. The van der Waals surface area contributed by atoms with Gasteiger partial charge in [0.25, 0.3) is 0 Å². The molecule has 19 heavy (non-hydrogen) atoms. The lowest BCUT2D eigenvalue weighted by Crippen LogP contribution is -2.42. The Morgan fingerprint density at radius 1 is 1.42 bits per heavy atom. The van der Waals surface area contributed by atoms with E-state index in [0.717, 1.165) is 36.8 Å². The van der Waals surface area contributed by atoms with E-state index >= 15 is 0 Å². The first-order valence-electron chi connectivity index (χ1n) is 6.72. The van der Waals surface area contributed by atoms with Crippen LogP contribution in [0.25, 0.3) is 0 Å². The van der Waals surface area contributed by atoms with Crippen LogP contribution in [0.1, 0.15) is 44.3 Å². The Morgan fingerprint density at radius 2 is 2.05 bits per heavy atom. The molecule has 1 aromatic heterocycles. The molecule has 2 heterocycles. The summed E-state index contributed by atoms with van der Waals surface area (Å²) in [5.41, 5.74) is 1.02. The molecular weight excluding hydrogens is 278 g/mol. The van der Waals surface area contributed by atoms with Crippen LogP contribution >= 0.6 is 11.3 Å². The molecule has 1 aromatic rings. The van der Waals surface area contributed by atoms with E-state index in [0.29, 0.717) is 5.75 Å². The monoisotopic (exact) mass is 301 g/mol. The van der Waals surface area contributed by atoms with Crippen molar-refractivity contribution in [2.75, 3.05) is 19.0 Å². The minimum atomic E-state index is -0.854. The minimum absolute atomic E-state index is 0.0463. The van der Waals surface area contributed by atoms with Crippen molar-refractivity contribution in [3.63, 3.8) is 0 Å². The van der Waals surface area contributed by atoms with Crippen LogP contribution in [0, 0.1) is 6.92 Å². The zero-order valence-corrected chi connectivity index (χ0v) is 13.8. The Kier molecular flexibility index (Phi) is 4.48. The summed E-state index contributed by atoms with van der Waals surface area (Å²) in [6.45, 7) is 9.66. The minimum Gasteiger partial charge on any atom is -0.381 e. The fourth-order valence-electron chi connectivity index (χ4n) is 2.25. The van der Waals surface area contributed by atoms with E-state index in [1.54, 1.807) is 11.3 Å². The molecule has 108 valence electrons. The normalized spacial score (nSPS) is 21.3. The Morgan fingerprint density at radius 3 is 2.53 bits per heavy atom. The molecule has 5 heteroatoms. The van der Waals surface area contributed by atoms with Gasteiger partial charge in [0.15, 0.2) is 0 Å². The molecule has 2 rings (SSSR count). The SMILES string of the molecule is Cc1csc(C2(CS(=O)C(C)(C)C)CCOCC2)n1. The maximum atomic E-state index is 12.6. The Labute approximate surface area is 122 Å². The van der Waals surface area contributed by atoms with Crippen molar-refractivity contribution in [3.05, 3.63) is 16.1 Å². The molecule has 1 aliphatic heterocycles. The highest BCUT2D eigenvalue weighted by molar-refractivity contribution is 7.86. The number of hydrogen-bond acceptors (Lipinski definition) is 4. The highest BCUT2D eigenvalue weighted by Gasteiger charge is 2.40. The van der Waals surface area contributed by atoms with Gasteiger partial charge in [0.1, 0.15) is 5.01 Å². The molecule has 0 amide bonds. The number of ether oxygens (including phenoxy) is 1. The molecule has 3 nitrogen and oxygen atoms in total. The highest BCUT2D eigenvalue weighted by atomic mass is 32.2. The predicted octanol–water partition coefficient (Wildman–Crippen LogP) is 3.05. The van der Waals surface area contributed by atoms with Gasteiger partial charge in [-0.1, -0.05) is 0 Å². The largest absolute Gasteiger partial charge is 0.381 e. The topological polar surface area (TPSA) is 39.2 Å². The van der Waals surface area contributed by atoms with Crippen molar-refractivity contribution >= 4 is 22.1 Å². The number of aryl methyl sites for hydroxylation is 1. The second-order valence-electron chi connectivity index (χ2n) is 6.29. The van der Waals surface area contributed by atoms with Gasteiger partial charge in [-0.2, -0.15) is 0 Å². The van der Waals surface area contributed by atoms with Gasteiger partial charge in [-0.05, 0) is 40.5 Å². The summed E-state index contributed by atoms with van der Waals surface area (Å²) in [5.74, 6) is 0.701. The van der Waals surface area contributed by atoms with E-state index in [2.05, 4.69) is 10.4 Å². The molecule has 1 atom stereocenters. The molecule has 0 N–H and O–H groups in total. The summed E-state index contributed by atoms with van der Waals surface area (Å²) >= 11 is 1.71. The van der Waals surface area contributed by atoms with Crippen LogP contribution in [0.4, 0.5) is 0 Å². The molecular formula is C14H23NO2S2. The maximum Gasteiger partial charge on any atom is 0.100 e. The van der Waals surface area contributed by atoms with Gasteiger partial charge in [-0.25, -0.2) is 4.98 Å². The Hall–Kier alpha value is -0.260. The van der Waals surface area contributed by atoms with Crippen molar-refractivity contribution in [1.29, 1.82) is 0 Å². The smallest absolute Gasteiger partial charge is 0.100 e. The molecule has 0 bridgehead atoms. The molecule has 0 aromatic carbocycles. The van der Waals surface area contributed by atoms with E-state index in [9.17, 15) is 4.21 Å². The standard InChI is InChI=1S/C14H23NO2S2/c1-11-9-18-12(15-11)14(5-7-17-8-6-14)10-19(16)13(2,3)4/h9H,5-8,10H2,1-4H3. The van der Waals surface area contributed by atoms with Gasteiger partial charge < -0.3 is 4.74 Å². The summed E-state index contributed by atoms with van der Waals surface area (Å²) in [6.07, 6.45) is 1.86.